The van der Waals surface area contributed by atoms with E-state index in [0.717, 1.165) is 0 Å². The van der Waals surface area contributed by atoms with Crippen molar-refractivity contribution in [3.63, 3.8) is 0 Å². The van der Waals surface area contributed by atoms with Crippen molar-refractivity contribution in [1.82, 2.24) is 5.32 Å². The molecule has 1 atom stereocenters. The van der Waals surface area contributed by atoms with E-state index in [0.29, 0.717) is 19.3 Å². The van der Waals surface area contributed by atoms with E-state index in [2.05, 4.69) is 5.32 Å². The van der Waals surface area contributed by atoms with Gasteiger partial charge in [-0.3, -0.25) is 24.5 Å². The maximum absolute atomic E-state index is 12.0. The lowest BCUT2D eigenvalue weighted by Gasteiger charge is -2.24. The Balaban J connectivity index is 4.31. The number of Topliss-reactive ketones (excluding diaryl/α,β-unsaturated/α-hetero) is 2. The Morgan fingerprint density at radius 3 is 1.84 bits per heavy atom. The lowest BCUT2D eigenvalue weighted by atomic mass is 9.81. The average Bonchev–Trinajstić information content (AvgIpc) is 2.55. The largest absolute Gasteiger partial charge is 0.369 e. The summed E-state index contributed by atoms with van der Waals surface area (Å²) in [6, 6.07) is 0. The third kappa shape index (κ3) is 7.92. The van der Waals surface area contributed by atoms with Crippen LogP contribution >= 0.6 is 0 Å². The number of hydrogen-bond donors (Lipinski definition) is 2. The first kappa shape index (κ1) is 22.8. The number of primary amides is 1. The van der Waals surface area contributed by atoms with Crippen LogP contribution in [-0.2, 0) is 19.2 Å². The molecule has 0 aromatic rings. The molecule has 0 aromatic heterocycles. The highest BCUT2D eigenvalue weighted by Crippen LogP contribution is 2.28. The summed E-state index contributed by atoms with van der Waals surface area (Å²) in [6.07, 6.45) is 3.45. The summed E-state index contributed by atoms with van der Waals surface area (Å²) >= 11 is 0. The molecule has 25 heavy (non-hydrogen) atoms. The average molecular weight is 351 g/mol. The summed E-state index contributed by atoms with van der Waals surface area (Å²) in [5.41, 5.74) is 3.74. The second-order valence-corrected chi connectivity index (χ2v) is 7.31. The number of hydrogen-bond acceptors (Lipinski definition) is 5. The van der Waals surface area contributed by atoms with Gasteiger partial charge < -0.3 is 5.73 Å². The minimum Gasteiger partial charge on any atom is -0.369 e. The molecule has 0 radical (unpaired) electrons. The highest BCUT2D eigenvalue weighted by Gasteiger charge is 2.31. The quantitative estimate of drug-likeness (QED) is 0.410. The molecule has 0 saturated heterocycles. The van der Waals surface area contributed by atoms with Crippen molar-refractivity contribution in [3.8, 4) is 6.19 Å². The summed E-state index contributed by atoms with van der Waals surface area (Å²) < 4.78 is 0. The van der Waals surface area contributed by atoms with Crippen LogP contribution < -0.4 is 11.1 Å². The zero-order chi connectivity index (χ0) is 19.7. The molecule has 7 nitrogen and oxygen atoms in total. The molecule has 0 aromatic carbocycles. The van der Waals surface area contributed by atoms with Gasteiger partial charge in [0.15, 0.2) is 6.19 Å². The smallest absolute Gasteiger partial charge is 0.238 e. The van der Waals surface area contributed by atoms with Crippen molar-refractivity contribution >= 4 is 23.4 Å². The molecule has 0 spiro atoms. The third-order valence-corrected chi connectivity index (χ3v) is 4.83. The zero-order valence-electron chi connectivity index (χ0n) is 15.6. The molecule has 0 saturated carbocycles. The van der Waals surface area contributed by atoms with E-state index in [4.69, 9.17) is 11.0 Å². The van der Waals surface area contributed by atoms with Gasteiger partial charge in [0.2, 0.25) is 11.8 Å². The van der Waals surface area contributed by atoms with Crippen molar-refractivity contribution in [2.24, 2.45) is 16.6 Å². The first-order chi connectivity index (χ1) is 11.5. The topological polar surface area (TPSA) is 130 Å². The molecule has 3 N–H and O–H groups in total. The van der Waals surface area contributed by atoms with Crippen LogP contribution in [0.5, 0.6) is 0 Å². The van der Waals surface area contributed by atoms with E-state index in [9.17, 15) is 19.2 Å². The molecular weight excluding hydrogens is 322 g/mol. The lowest BCUT2D eigenvalue weighted by Crippen LogP contribution is -2.36. The van der Waals surface area contributed by atoms with E-state index >= 15 is 0 Å². The first-order valence-corrected chi connectivity index (χ1v) is 8.51. The number of nitrogens with two attached hydrogens (primary N) is 1. The van der Waals surface area contributed by atoms with Crippen molar-refractivity contribution in [2.75, 3.05) is 0 Å². The second-order valence-electron chi connectivity index (χ2n) is 7.31. The van der Waals surface area contributed by atoms with Gasteiger partial charge in [0.25, 0.3) is 0 Å². The highest BCUT2D eigenvalue weighted by atomic mass is 16.2. The summed E-state index contributed by atoms with van der Waals surface area (Å²) in [5, 5.41) is 10.7. The predicted molar refractivity (Wildman–Crippen MR) is 92.8 cm³/mol. The Morgan fingerprint density at radius 2 is 1.44 bits per heavy atom. The van der Waals surface area contributed by atoms with Crippen LogP contribution in [-0.4, -0.2) is 23.4 Å². The van der Waals surface area contributed by atoms with Crippen LogP contribution in [0.3, 0.4) is 0 Å². The van der Waals surface area contributed by atoms with Gasteiger partial charge in [-0.25, -0.2) is 0 Å². The van der Waals surface area contributed by atoms with Crippen LogP contribution in [0.25, 0.3) is 0 Å². The molecule has 0 bridgehead atoms. The standard InChI is InChI=1S/C18H29N3O4/c1-5-18(4,16(25)21-12-19)11-9-14(23)7-6-13(22)8-10-17(2,3)15(20)24/h5-11H2,1-4H3,(H2,20,24)(H,21,25). The van der Waals surface area contributed by atoms with Crippen LogP contribution in [0.15, 0.2) is 0 Å². The van der Waals surface area contributed by atoms with Crippen LogP contribution in [0.4, 0.5) is 0 Å². The van der Waals surface area contributed by atoms with Crippen molar-refractivity contribution in [2.45, 2.75) is 72.6 Å². The zero-order valence-corrected chi connectivity index (χ0v) is 15.6. The Labute approximate surface area is 149 Å². The molecular formula is C18H29N3O4. The molecule has 0 aliphatic carbocycles. The second kappa shape index (κ2) is 9.92. The van der Waals surface area contributed by atoms with Gasteiger partial charge >= 0.3 is 0 Å². The molecule has 0 aliphatic rings. The minimum absolute atomic E-state index is 0.0804. The van der Waals surface area contributed by atoms with E-state index < -0.39 is 22.6 Å². The molecule has 140 valence electrons. The van der Waals surface area contributed by atoms with Crippen molar-refractivity contribution < 1.29 is 19.2 Å². The number of nitriles is 1. The Bertz CT molecular complexity index is 563. The van der Waals surface area contributed by atoms with E-state index in [1.807, 2.05) is 6.92 Å². The minimum atomic E-state index is -0.777. The number of amides is 2. The fraction of sp³-hybridized carbons (Fsp3) is 0.722. The Morgan fingerprint density at radius 1 is 0.960 bits per heavy atom. The molecule has 7 heteroatoms. The van der Waals surface area contributed by atoms with E-state index in [1.54, 1.807) is 27.0 Å². The fourth-order valence-corrected chi connectivity index (χ4v) is 2.17. The van der Waals surface area contributed by atoms with Gasteiger partial charge in [-0.2, -0.15) is 5.26 Å². The van der Waals surface area contributed by atoms with Gasteiger partial charge in [-0.05, 0) is 19.3 Å². The number of carbonyl (C=O) groups is 4. The van der Waals surface area contributed by atoms with Gasteiger partial charge in [0.05, 0.1) is 0 Å². The predicted octanol–water partition coefficient (Wildman–Crippen LogP) is 1.99. The fourth-order valence-electron chi connectivity index (χ4n) is 2.17. The number of nitrogens with zero attached hydrogens (tertiary/aromatic N) is 1. The van der Waals surface area contributed by atoms with Gasteiger partial charge in [0, 0.05) is 36.5 Å². The maximum atomic E-state index is 12.0. The van der Waals surface area contributed by atoms with Crippen LogP contribution in [0.1, 0.15) is 72.6 Å². The summed E-state index contributed by atoms with van der Waals surface area (Å²) in [5.74, 6) is -1.02. The maximum Gasteiger partial charge on any atom is 0.238 e. The summed E-state index contributed by atoms with van der Waals surface area (Å²) in [4.78, 5) is 46.9. The number of nitrogens with one attached hydrogen (secondary N) is 1. The van der Waals surface area contributed by atoms with Gasteiger partial charge in [-0.15, -0.1) is 0 Å². The molecule has 0 heterocycles. The van der Waals surface area contributed by atoms with Crippen LogP contribution in [0, 0.1) is 22.3 Å². The Kier molecular flexibility index (Phi) is 9.03. The van der Waals surface area contributed by atoms with Crippen molar-refractivity contribution in [1.29, 1.82) is 5.26 Å². The third-order valence-electron chi connectivity index (χ3n) is 4.83. The lowest BCUT2D eigenvalue weighted by molar-refractivity contribution is -0.131. The summed E-state index contributed by atoms with van der Waals surface area (Å²) in [7, 11) is 0. The van der Waals surface area contributed by atoms with E-state index in [-0.39, 0.29) is 37.2 Å². The monoisotopic (exact) mass is 351 g/mol. The number of rotatable bonds is 12. The normalized spacial score (nSPS) is 13.4. The van der Waals surface area contributed by atoms with Gasteiger partial charge in [0.1, 0.15) is 11.6 Å². The van der Waals surface area contributed by atoms with E-state index in [1.165, 1.54) is 0 Å². The number of ketones is 2. The van der Waals surface area contributed by atoms with Gasteiger partial charge in [-0.1, -0.05) is 27.7 Å². The highest BCUT2D eigenvalue weighted by molar-refractivity contribution is 5.88. The van der Waals surface area contributed by atoms with Crippen LogP contribution in [0.2, 0.25) is 0 Å². The molecule has 0 fully saturated rings. The SMILES string of the molecule is CCC(C)(CCC(=O)CCC(=O)CCC(C)(C)C(N)=O)C(=O)NC#N. The molecule has 0 rings (SSSR count). The Hall–Kier alpha value is -2.23. The molecule has 1 unspecified atom stereocenters. The number of carbonyl (C=O) groups excluding carboxylic acids is 4. The summed E-state index contributed by atoms with van der Waals surface area (Å²) in [6.45, 7) is 6.91. The molecule has 0 aliphatic heterocycles. The molecule has 2 amide bonds. The van der Waals surface area contributed by atoms with Crippen molar-refractivity contribution in [3.05, 3.63) is 0 Å². The first-order valence-electron chi connectivity index (χ1n) is 8.51.